The Morgan fingerprint density at radius 3 is 2.12 bits per heavy atom. The first-order valence-corrected chi connectivity index (χ1v) is 10.3. The average Bonchev–Trinajstić information content (AvgIpc) is 2.71. The maximum absolute atomic E-state index is 12.3. The zero-order valence-electron chi connectivity index (χ0n) is 19.0. The predicted octanol–water partition coefficient (Wildman–Crippen LogP) is 2.54. The summed E-state index contributed by atoms with van der Waals surface area (Å²) < 4.78 is 25.1. The van der Waals surface area contributed by atoms with Crippen molar-refractivity contribution < 1.29 is 42.9 Å². The standard InChI is InChI=1S/C22H31NO9/c1-6-13(2)11-28-22(27)29-12-14(3)30-21(26)18(23)9-17-7-8-19(31-15(4)24)20(10-17)32-16(5)25/h7-8,10,13-14,18H,6,9,11-12,23H2,1-5H3/t13?,14-,18-/m0/s1. The lowest BCUT2D eigenvalue weighted by atomic mass is 10.1. The van der Waals surface area contributed by atoms with E-state index in [0.717, 1.165) is 6.42 Å². The molecule has 0 fully saturated rings. The third-order valence-electron chi connectivity index (χ3n) is 4.21. The molecule has 0 amide bonds. The molecule has 0 aromatic heterocycles. The molecule has 0 spiro atoms. The monoisotopic (exact) mass is 453 g/mol. The maximum atomic E-state index is 12.3. The van der Waals surface area contributed by atoms with Crippen molar-refractivity contribution in [3.8, 4) is 11.5 Å². The van der Waals surface area contributed by atoms with Crippen LogP contribution in [0.4, 0.5) is 4.79 Å². The highest BCUT2D eigenvalue weighted by Crippen LogP contribution is 2.29. The summed E-state index contributed by atoms with van der Waals surface area (Å²) in [6, 6.07) is 3.44. The second kappa shape index (κ2) is 13.3. The van der Waals surface area contributed by atoms with E-state index in [9.17, 15) is 19.2 Å². The molecule has 0 aliphatic rings. The maximum Gasteiger partial charge on any atom is 0.508 e. The third kappa shape index (κ3) is 10.3. The van der Waals surface area contributed by atoms with Crippen LogP contribution in [0.15, 0.2) is 18.2 Å². The van der Waals surface area contributed by atoms with Crippen LogP contribution in [0.2, 0.25) is 0 Å². The quantitative estimate of drug-likeness (QED) is 0.392. The molecule has 0 aliphatic heterocycles. The lowest BCUT2D eigenvalue weighted by Gasteiger charge is -2.17. The summed E-state index contributed by atoms with van der Waals surface area (Å²) in [6.45, 7) is 7.98. The van der Waals surface area contributed by atoms with Gasteiger partial charge in [-0.25, -0.2) is 4.79 Å². The van der Waals surface area contributed by atoms with E-state index >= 15 is 0 Å². The molecule has 0 aliphatic carbocycles. The van der Waals surface area contributed by atoms with Crippen molar-refractivity contribution in [1.29, 1.82) is 0 Å². The molecule has 2 N–H and O–H groups in total. The van der Waals surface area contributed by atoms with E-state index in [1.165, 1.54) is 26.0 Å². The van der Waals surface area contributed by atoms with E-state index in [1.807, 2.05) is 13.8 Å². The van der Waals surface area contributed by atoms with Crippen LogP contribution in [0.3, 0.4) is 0 Å². The van der Waals surface area contributed by atoms with Gasteiger partial charge < -0.3 is 29.4 Å². The van der Waals surface area contributed by atoms with Gasteiger partial charge in [0.05, 0.1) is 6.61 Å². The van der Waals surface area contributed by atoms with Crippen molar-refractivity contribution in [2.75, 3.05) is 13.2 Å². The molecule has 0 bridgehead atoms. The Morgan fingerprint density at radius 2 is 1.53 bits per heavy atom. The fraction of sp³-hybridized carbons (Fsp3) is 0.545. The van der Waals surface area contributed by atoms with Gasteiger partial charge in [0.15, 0.2) is 11.5 Å². The molecule has 1 aromatic carbocycles. The average molecular weight is 453 g/mol. The van der Waals surface area contributed by atoms with Crippen LogP contribution in [-0.2, 0) is 35.0 Å². The highest BCUT2D eigenvalue weighted by Gasteiger charge is 2.21. The lowest BCUT2D eigenvalue weighted by molar-refractivity contribution is -0.152. The molecule has 32 heavy (non-hydrogen) atoms. The number of rotatable bonds is 11. The van der Waals surface area contributed by atoms with Crippen molar-refractivity contribution in [3.63, 3.8) is 0 Å². The number of carbonyl (C=O) groups is 4. The Kier molecular flexibility index (Phi) is 11.2. The van der Waals surface area contributed by atoms with Crippen LogP contribution < -0.4 is 15.2 Å². The van der Waals surface area contributed by atoms with Crippen LogP contribution in [0, 0.1) is 5.92 Å². The Morgan fingerprint density at radius 1 is 0.938 bits per heavy atom. The number of hydrogen-bond donors (Lipinski definition) is 1. The Labute approximate surface area is 187 Å². The lowest BCUT2D eigenvalue weighted by Crippen LogP contribution is -2.37. The van der Waals surface area contributed by atoms with Gasteiger partial charge in [-0.05, 0) is 37.0 Å². The SMILES string of the molecule is CCC(C)COC(=O)OC[C@H](C)OC(=O)[C@@H](N)Cc1ccc(OC(C)=O)c(OC(C)=O)c1. The van der Waals surface area contributed by atoms with Crippen LogP contribution in [0.5, 0.6) is 11.5 Å². The fourth-order valence-electron chi connectivity index (χ4n) is 2.37. The Bertz CT molecular complexity index is 809. The molecule has 10 nitrogen and oxygen atoms in total. The van der Waals surface area contributed by atoms with Gasteiger partial charge in [-0.15, -0.1) is 0 Å². The smallest absolute Gasteiger partial charge is 0.458 e. The molecule has 1 rings (SSSR count). The van der Waals surface area contributed by atoms with Gasteiger partial charge in [-0.2, -0.15) is 0 Å². The van der Waals surface area contributed by atoms with Crippen LogP contribution >= 0.6 is 0 Å². The van der Waals surface area contributed by atoms with Crippen molar-refractivity contribution in [3.05, 3.63) is 23.8 Å². The number of hydrogen-bond acceptors (Lipinski definition) is 10. The first kappa shape index (κ1) is 26.9. The second-order valence-corrected chi connectivity index (χ2v) is 7.41. The summed E-state index contributed by atoms with van der Waals surface area (Å²) in [7, 11) is 0. The van der Waals surface area contributed by atoms with Crippen LogP contribution in [0.1, 0.15) is 46.6 Å². The van der Waals surface area contributed by atoms with Crippen molar-refractivity contribution in [2.24, 2.45) is 11.7 Å². The zero-order chi connectivity index (χ0) is 24.3. The summed E-state index contributed by atoms with van der Waals surface area (Å²) >= 11 is 0. The van der Waals surface area contributed by atoms with Gasteiger partial charge in [0.1, 0.15) is 18.8 Å². The van der Waals surface area contributed by atoms with Gasteiger partial charge in [0.2, 0.25) is 0 Å². The molecule has 0 saturated carbocycles. The van der Waals surface area contributed by atoms with E-state index in [2.05, 4.69) is 0 Å². The Balaban J connectivity index is 2.60. The first-order valence-electron chi connectivity index (χ1n) is 10.3. The summed E-state index contributed by atoms with van der Waals surface area (Å²) in [4.78, 5) is 46.3. The van der Waals surface area contributed by atoms with Gasteiger partial charge in [-0.1, -0.05) is 26.3 Å². The molecule has 0 radical (unpaired) electrons. The van der Waals surface area contributed by atoms with Crippen molar-refractivity contribution in [2.45, 2.75) is 59.6 Å². The fourth-order valence-corrected chi connectivity index (χ4v) is 2.37. The van der Waals surface area contributed by atoms with Gasteiger partial charge in [0.25, 0.3) is 0 Å². The molecular weight excluding hydrogens is 422 g/mol. The van der Waals surface area contributed by atoms with Crippen LogP contribution in [0.25, 0.3) is 0 Å². The Hall–Kier alpha value is -3.14. The molecule has 0 saturated heterocycles. The third-order valence-corrected chi connectivity index (χ3v) is 4.21. The zero-order valence-corrected chi connectivity index (χ0v) is 19.0. The first-order chi connectivity index (χ1) is 15.0. The number of ether oxygens (including phenoxy) is 5. The minimum Gasteiger partial charge on any atom is -0.458 e. The highest BCUT2D eigenvalue weighted by atomic mass is 16.7. The van der Waals surface area contributed by atoms with Gasteiger partial charge in [-0.3, -0.25) is 14.4 Å². The van der Waals surface area contributed by atoms with E-state index in [4.69, 9.17) is 29.4 Å². The minimum atomic E-state index is -1.03. The van der Waals surface area contributed by atoms with E-state index in [-0.39, 0.29) is 37.1 Å². The second-order valence-electron chi connectivity index (χ2n) is 7.41. The van der Waals surface area contributed by atoms with E-state index in [1.54, 1.807) is 13.0 Å². The largest absolute Gasteiger partial charge is 0.508 e. The molecule has 1 aromatic rings. The normalized spacial score (nSPS) is 13.3. The number of nitrogens with two attached hydrogens (primary N) is 1. The number of esters is 3. The van der Waals surface area contributed by atoms with E-state index < -0.39 is 36.2 Å². The van der Waals surface area contributed by atoms with Gasteiger partial charge >= 0.3 is 24.1 Å². The summed E-state index contributed by atoms with van der Waals surface area (Å²) in [6.07, 6.45) is -0.623. The van der Waals surface area contributed by atoms with Crippen molar-refractivity contribution in [1.82, 2.24) is 0 Å². The number of benzene rings is 1. The predicted molar refractivity (Wildman–Crippen MR) is 113 cm³/mol. The molecule has 1 unspecified atom stereocenters. The number of carbonyl (C=O) groups excluding carboxylic acids is 4. The molecule has 178 valence electrons. The summed E-state index contributed by atoms with van der Waals surface area (Å²) in [5, 5.41) is 0. The molecule has 10 heteroatoms. The van der Waals surface area contributed by atoms with E-state index in [0.29, 0.717) is 5.56 Å². The molecule has 0 heterocycles. The highest BCUT2D eigenvalue weighted by molar-refractivity contribution is 5.76. The molecular formula is C22H31NO9. The van der Waals surface area contributed by atoms with Crippen molar-refractivity contribution >= 4 is 24.1 Å². The topological polar surface area (TPSA) is 140 Å². The summed E-state index contributed by atoms with van der Waals surface area (Å²) in [5.41, 5.74) is 6.47. The summed E-state index contributed by atoms with van der Waals surface area (Å²) in [5.74, 6) is -1.56. The minimum absolute atomic E-state index is 0.0310. The van der Waals surface area contributed by atoms with Crippen LogP contribution in [-0.4, -0.2) is 49.4 Å². The molecule has 3 atom stereocenters. The van der Waals surface area contributed by atoms with Gasteiger partial charge in [0, 0.05) is 13.8 Å².